The normalized spacial score (nSPS) is 16.4. The molecule has 1 saturated carbocycles. The van der Waals surface area contributed by atoms with E-state index in [1.807, 2.05) is 13.0 Å². The van der Waals surface area contributed by atoms with E-state index in [9.17, 15) is 9.18 Å². The van der Waals surface area contributed by atoms with Gasteiger partial charge in [-0.05, 0) is 37.5 Å². The van der Waals surface area contributed by atoms with Gasteiger partial charge in [0, 0.05) is 11.3 Å². The summed E-state index contributed by atoms with van der Waals surface area (Å²) in [6.07, 6.45) is 4.09. The molecule has 0 saturated heterocycles. The van der Waals surface area contributed by atoms with Crippen molar-refractivity contribution in [2.45, 2.75) is 44.4 Å². The average Bonchev–Trinajstić information content (AvgIpc) is 3.18. The number of carbonyl (C=O) groups is 1. The number of hydrogen-bond donors (Lipinski definition) is 0. The minimum atomic E-state index is -0.676. The molecule has 0 unspecified atom stereocenters. The van der Waals surface area contributed by atoms with E-state index in [1.165, 1.54) is 12.1 Å². The van der Waals surface area contributed by atoms with Crippen molar-refractivity contribution in [3.8, 4) is 0 Å². The van der Waals surface area contributed by atoms with Crippen LogP contribution in [0.1, 0.15) is 41.8 Å². The summed E-state index contributed by atoms with van der Waals surface area (Å²) in [5.41, 5.74) is 2.86. The SMILES string of the molecule is Cc1ncsc1CCOC(=O)C1(c2cccc(F)c2)CCCC1. The maximum Gasteiger partial charge on any atom is 0.316 e. The van der Waals surface area contributed by atoms with E-state index in [4.69, 9.17) is 4.74 Å². The second-order valence-corrected chi connectivity index (χ2v) is 6.99. The molecule has 0 aliphatic heterocycles. The van der Waals surface area contributed by atoms with Gasteiger partial charge in [0.1, 0.15) is 5.82 Å². The van der Waals surface area contributed by atoms with Crippen LogP contribution in [-0.2, 0) is 21.4 Å². The summed E-state index contributed by atoms with van der Waals surface area (Å²) in [5, 5.41) is 0. The van der Waals surface area contributed by atoms with Gasteiger partial charge in [0.05, 0.1) is 23.2 Å². The van der Waals surface area contributed by atoms with Gasteiger partial charge >= 0.3 is 5.97 Å². The molecule has 1 aliphatic rings. The van der Waals surface area contributed by atoms with Crippen molar-refractivity contribution in [2.24, 2.45) is 0 Å². The predicted octanol–water partition coefficient (Wildman–Crippen LogP) is 4.19. The van der Waals surface area contributed by atoms with Crippen molar-refractivity contribution >= 4 is 17.3 Å². The molecule has 1 heterocycles. The molecular weight excluding hydrogens is 313 g/mol. The van der Waals surface area contributed by atoms with E-state index in [-0.39, 0.29) is 11.8 Å². The van der Waals surface area contributed by atoms with E-state index >= 15 is 0 Å². The van der Waals surface area contributed by atoms with Gasteiger partial charge in [0.15, 0.2) is 0 Å². The molecule has 5 heteroatoms. The van der Waals surface area contributed by atoms with Gasteiger partial charge in [-0.2, -0.15) is 0 Å². The Labute approximate surface area is 139 Å². The van der Waals surface area contributed by atoms with Gasteiger partial charge in [-0.25, -0.2) is 9.37 Å². The van der Waals surface area contributed by atoms with Gasteiger partial charge in [0.25, 0.3) is 0 Å². The molecular formula is C18H20FNO2S. The Morgan fingerprint density at radius 1 is 1.39 bits per heavy atom. The van der Waals surface area contributed by atoms with Crippen LogP contribution in [0.25, 0.3) is 0 Å². The topological polar surface area (TPSA) is 39.2 Å². The third-order valence-corrected chi connectivity index (χ3v) is 5.63. The molecule has 0 N–H and O–H groups in total. The Hall–Kier alpha value is -1.75. The zero-order chi connectivity index (χ0) is 16.3. The minimum Gasteiger partial charge on any atom is -0.465 e. The van der Waals surface area contributed by atoms with E-state index in [0.717, 1.165) is 41.8 Å². The zero-order valence-electron chi connectivity index (χ0n) is 13.2. The van der Waals surface area contributed by atoms with Gasteiger partial charge < -0.3 is 4.74 Å². The first-order valence-corrected chi connectivity index (χ1v) is 8.82. The van der Waals surface area contributed by atoms with Crippen molar-refractivity contribution in [3.05, 3.63) is 51.7 Å². The summed E-state index contributed by atoms with van der Waals surface area (Å²) < 4.78 is 19.1. The highest BCUT2D eigenvalue weighted by atomic mass is 32.1. The molecule has 1 aliphatic carbocycles. The number of esters is 1. The van der Waals surface area contributed by atoms with E-state index in [0.29, 0.717) is 13.0 Å². The van der Waals surface area contributed by atoms with Gasteiger partial charge in [-0.1, -0.05) is 25.0 Å². The second kappa shape index (κ2) is 6.79. The third-order valence-electron chi connectivity index (χ3n) is 4.63. The van der Waals surface area contributed by atoms with Crippen molar-refractivity contribution in [1.29, 1.82) is 0 Å². The Bertz CT molecular complexity index is 692. The Kier molecular flexibility index (Phi) is 4.76. The number of hydrogen-bond acceptors (Lipinski definition) is 4. The molecule has 0 amide bonds. The number of benzene rings is 1. The smallest absolute Gasteiger partial charge is 0.316 e. The van der Waals surface area contributed by atoms with Gasteiger partial charge in [-0.15, -0.1) is 11.3 Å². The largest absolute Gasteiger partial charge is 0.465 e. The molecule has 23 heavy (non-hydrogen) atoms. The van der Waals surface area contributed by atoms with Crippen LogP contribution in [0.5, 0.6) is 0 Å². The summed E-state index contributed by atoms with van der Waals surface area (Å²) in [5.74, 6) is -0.523. The zero-order valence-corrected chi connectivity index (χ0v) is 14.0. The first kappa shape index (κ1) is 16.1. The molecule has 0 spiro atoms. The summed E-state index contributed by atoms with van der Waals surface area (Å²) in [4.78, 5) is 18.1. The Morgan fingerprint density at radius 2 is 2.17 bits per heavy atom. The van der Waals surface area contributed by atoms with Crippen molar-refractivity contribution in [1.82, 2.24) is 4.98 Å². The average molecular weight is 333 g/mol. The maximum absolute atomic E-state index is 13.6. The van der Waals surface area contributed by atoms with Gasteiger partial charge in [-0.3, -0.25) is 4.79 Å². The number of rotatable bonds is 5. The summed E-state index contributed by atoms with van der Waals surface area (Å²) in [6, 6.07) is 6.38. The monoisotopic (exact) mass is 333 g/mol. The highest BCUT2D eigenvalue weighted by molar-refractivity contribution is 7.09. The lowest BCUT2D eigenvalue weighted by molar-refractivity contribution is -0.150. The quantitative estimate of drug-likeness (QED) is 0.770. The lowest BCUT2D eigenvalue weighted by Crippen LogP contribution is -2.35. The van der Waals surface area contributed by atoms with E-state index < -0.39 is 5.41 Å². The number of aromatic nitrogens is 1. The fourth-order valence-corrected chi connectivity index (χ4v) is 4.08. The summed E-state index contributed by atoms with van der Waals surface area (Å²) >= 11 is 1.58. The van der Waals surface area contributed by atoms with Crippen LogP contribution in [0.3, 0.4) is 0 Å². The van der Waals surface area contributed by atoms with E-state index in [1.54, 1.807) is 22.9 Å². The van der Waals surface area contributed by atoms with Crippen LogP contribution in [0.2, 0.25) is 0 Å². The van der Waals surface area contributed by atoms with Crippen molar-refractivity contribution < 1.29 is 13.9 Å². The fourth-order valence-electron chi connectivity index (χ4n) is 3.32. The second-order valence-electron chi connectivity index (χ2n) is 6.05. The predicted molar refractivity (Wildman–Crippen MR) is 88.1 cm³/mol. The van der Waals surface area contributed by atoms with Crippen LogP contribution in [0.4, 0.5) is 4.39 Å². The van der Waals surface area contributed by atoms with Crippen LogP contribution in [0.15, 0.2) is 29.8 Å². The van der Waals surface area contributed by atoms with Crippen molar-refractivity contribution in [3.63, 3.8) is 0 Å². The van der Waals surface area contributed by atoms with Crippen LogP contribution in [-0.4, -0.2) is 17.6 Å². The Balaban J connectivity index is 1.71. The number of thiazole rings is 1. The molecule has 0 atom stereocenters. The van der Waals surface area contributed by atoms with Crippen LogP contribution in [0, 0.1) is 12.7 Å². The molecule has 1 aromatic carbocycles. The highest BCUT2D eigenvalue weighted by Crippen LogP contribution is 2.42. The number of halogens is 1. The van der Waals surface area contributed by atoms with Crippen molar-refractivity contribution in [2.75, 3.05) is 6.61 Å². The standard InChI is InChI=1S/C18H20FNO2S/c1-13-16(23-12-20-13)7-10-22-17(21)18(8-2-3-9-18)14-5-4-6-15(19)11-14/h4-6,11-12H,2-3,7-10H2,1H3. The van der Waals surface area contributed by atoms with Crippen LogP contribution < -0.4 is 0 Å². The Morgan fingerprint density at radius 3 is 2.83 bits per heavy atom. The molecule has 1 aromatic heterocycles. The van der Waals surface area contributed by atoms with E-state index in [2.05, 4.69) is 4.98 Å². The lowest BCUT2D eigenvalue weighted by Gasteiger charge is -2.27. The molecule has 3 nitrogen and oxygen atoms in total. The number of carbonyl (C=O) groups excluding carboxylic acids is 1. The highest BCUT2D eigenvalue weighted by Gasteiger charge is 2.44. The van der Waals surface area contributed by atoms with Gasteiger partial charge in [0.2, 0.25) is 0 Å². The molecule has 2 aromatic rings. The molecule has 0 radical (unpaired) electrons. The minimum absolute atomic E-state index is 0.220. The first-order chi connectivity index (χ1) is 11.1. The number of ether oxygens (including phenoxy) is 1. The lowest BCUT2D eigenvalue weighted by atomic mass is 9.79. The molecule has 0 bridgehead atoms. The number of aryl methyl sites for hydroxylation is 1. The fraction of sp³-hybridized carbons (Fsp3) is 0.444. The summed E-state index contributed by atoms with van der Waals surface area (Å²) in [7, 11) is 0. The molecule has 3 rings (SSSR count). The first-order valence-electron chi connectivity index (χ1n) is 7.94. The molecule has 122 valence electrons. The maximum atomic E-state index is 13.6. The third kappa shape index (κ3) is 3.29. The van der Waals surface area contributed by atoms with Crippen LogP contribution >= 0.6 is 11.3 Å². The number of nitrogens with zero attached hydrogens (tertiary/aromatic N) is 1. The molecule has 1 fully saturated rings. The summed E-state index contributed by atoms with van der Waals surface area (Å²) in [6.45, 7) is 2.30.